The Hall–Kier alpha value is -3.04. The molecule has 0 atom stereocenters. The van der Waals surface area contributed by atoms with Crippen molar-refractivity contribution in [1.82, 2.24) is 4.90 Å². The van der Waals surface area contributed by atoms with Crippen LogP contribution in [0.25, 0.3) is 0 Å². The highest BCUT2D eigenvalue weighted by Gasteiger charge is 2.29. The smallest absolute Gasteiger partial charge is 0.286 e. The summed E-state index contributed by atoms with van der Waals surface area (Å²) in [5, 5.41) is 14.9. The summed E-state index contributed by atoms with van der Waals surface area (Å²) in [4.78, 5) is 38.0. The van der Waals surface area contributed by atoms with E-state index in [9.17, 15) is 19.7 Å². The molecule has 0 aliphatic heterocycles. The molecule has 0 saturated carbocycles. The molecule has 0 heterocycles. The number of amides is 2. The fourth-order valence-corrected chi connectivity index (χ4v) is 3.29. The van der Waals surface area contributed by atoms with Crippen molar-refractivity contribution in [1.29, 1.82) is 0 Å². The van der Waals surface area contributed by atoms with Gasteiger partial charge in [0, 0.05) is 17.6 Å². The molecule has 9 nitrogen and oxygen atoms in total. The quantitative estimate of drug-likeness (QED) is 0.383. The van der Waals surface area contributed by atoms with Gasteiger partial charge < -0.3 is 19.7 Å². The van der Waals surface area contributed by atoms with Gasteiger partial charge in [-0.15, -0.1) is 0 Å². The van der Waals surface area contributed by atoms with Gasteiger partial charge in [0.05, 0.1) is 35.4 Å². The summed E-state index contributed by atoms with van der Waals surface area (Å²) in [6.45, 7) is 3.67. The van der Waals surface area contributed by atoms with Crippen LogP contribution in [0.1, 0.15) is 30.6 Å². The molecular weight excluding hydrogens is 461 g/mol. The number of nitrogens with one attached hydrogen (secondary N) is 1. The van der Waals surface area contributed by atoms with E-state index in [1.165, 1.54) is 30.2 Å². The summed E-state index contributed by atoms with van der Waals surface area (Å²) in [7, 11) is 1.35. The molecule has 2 aromatic rings. The molecule has 0 fully saturated rings. The number of anilines is 1. The Morgan fingerprint density at radius 2 is 1.88 bits per heavy atom. The van der Waals surface area contributed by atoms with Gasteiger partial charge in [0.15, 0.2) is 11.5 Å². The van der Waals surface area contributed by atoms with Crippen molar-refractivity contribution < 1.29 is 24.0 Å². The van der Waals surface area contributed by atoms with Crippen molar-refractivity contribution in [3.05, 3.63) is 56.1 Å². The number of benzene rings is 2. The van der Waals surface area contributed by atoms with Crippen LogP contribution in [0.15, 0.2) is 30.3 Å². The predicted octanol–water partition coefficient (Wildman–Crippen LogP) is 4.80. The van der Waals surface area contributed by atoms with Gasteiger partial charge in [-0.1, -0.05) is 30.1 Å². The standard InChI is InChI=1S/C21H23Cl2N3O6/c1-4-8-25(12-20(27)24-16-9-13(22)6-7-15(16)23)21(28)14-10-19(32-5-2)18(31-3)11-17(14)26(29)30/h6-7,9-11H,4-5,8,12H2,1-3H3,(H,24,27). The van der Waals surface area contributed by atoms with Crippen molar-refractivity contribution in [2.45, 2.75) is 20.3 Å². The maximum atomic E-state index is 13.2. The third-order valence-electron chi connectivity index (χ3n) is 4.33. The Kier molecular flexibility index (Phi) is 9.10. The Balaban J connectivity index is 2.35. The van der Waals surface area contributed by atoms with E-state index in [1.54, 1.807) is 13.0 Å². The van der Waals surface area contributed by atoms with E-state index in [0.717, 1.165) is 6.07 Å². The molecule has 0 radical (unpaired) electrons. The van der Waals surface area contributed by atoms with Crippen LogP contribution in [0.4, 0.5) is 11.4 Å². The number of nitro groups is 1. The van der Waals surface area contributed by atoms with Crippen molar-refractivity contribution in [2.75, 3.05) is 32.1 Å². The number of carbonyl (C=O) groups excluding carboxylic acids is 2. The number of ether oxygens (including phenoxy) is 2. The maximum Gasteiger partial charge on any atom is 0.286 e. The van der Waals surface area contributed by atoms with E-state index in [0.29, 0.717) is 17.1 Å². The molecule has 0 saturated heterocycles. The number of halogens is 2. The molecule has 2 amide bonds. The molecular formula is C21H23Cl2N3O6. The summed E-state index contributed by atoms with van der Waals surface area (Å²) >= 11 is 12.0. The molecule has 0 bridgehead atoms. The zero-order valence-corrected chi connectivity index (χ0v) is 19.3. The molecule has 2 aromatic carbocycles. The number of carbonyl (C=O) groups is 2. The first-order chi connectivity index (χ1) is 15.2. The number of rotatable bonds is 10. The normalized spacial score (nSPS) is 10.4. The van der Waals surface area contributed by atoms with Crippen LogP contribution in [0, 0.1) is 10.1 Å². The summed E-state index contributed by atoms with van der Waals surface area (Å²) in [5.41, 5.74) is -0.363. The van der Waals surface area contributed by atoms with E-state index in [-0.39, 0.29) is 41.8 Å². The molecule has 2 rings (SSSR count). The lowest BCUT2D eigenvalue weighted by molar-refractivity contribution is -0.385. The number of nitro benzene ring substituents is 1. The van der Waals surface area contributed by atoms with Crippen LogP contribution >= 0.6 is 23.2 Å². The highest BCUT2D eigenvalue weighted by Crippen LogP contribution is 2.35. The van der Waals surface area contributed by atoms with Crippen LogP contribution < -0.4 is 14.8 Å². The molecule has 32 heavy (non-hydrogen) atoms. The largest absolute Gasteiger partial charge is 0.493 e. The Labute approximate surface area is 195 Å². The van der Waals surface area contributed by atoms with E-state index in [4.69, 9.17) is 32.7 Å². The van der Waals surface area contributed by atoms with Crippen LogP contribution in [0.3, 0.4) is 0 Å². The van der Waals surface area contributed by atoms with Gasteiger partial charge in [-0.2, -0.15) is 0 Å². The first kappa shape index (κ1) is 25.2. The lowest BCUT2D eigenvalue weighted by Gasteiger charge is -2.22. The van der Waals surface area contributed by atoms with E-state index < -0.39 is 22.4 Å². The lowest BCUT2D eigenvalue weighted by atomic mass is 10.1. The lowest BCUT2D eigenvalue weighted by Crippen LogP contribution is -2.38. The summed E-state index contributed by atoms with van der Waals surface area (Å²) in [5.74, 6) is -0.896. The van der Waals surface area contributed by atoms with Gasteiger partial charge in [-0.25, -0.2) is 0 Å². The molecule has 0 spiro atoms. The van der Waals surface area contributed by atoms with Crippen molar-refractivity contribution in [3.63, 3.8) is 0 Å². The van der Waals surface area contributed by atoms with E-state index >= 15 is 0 Å². The third-order valence-corrected chi connectivity index (χ3v) is 4.89. The third kappa shape index (κ3) is 6.24. The minimum atomic E-state index is -0.686. The summed E-state index contributed by atoms with van der Waals surface area (Å²) < 4.78 is 10.6. The average molecular weight is 484 g/mol. The minimum absolute atomic E-state index is 0.130. The van der Waals surface area contributed by atoms with Crippen LogP contribution in [0.5, 0.6) is 11.5 Å². The van der Waals surface area contributed by atoms with Gasteiger partial charge in [0.1, 0.15) is 12.1 Å². The van der Waals surface area contributed by atoms with Crippen molar-refractivity contribution in [2.24, 2.45) is 0 Å². The van der Waals surface area contributed by atoms with Crippen LogP contribution in [-0.4, -0.2) is 48.4 Å². The van der Waals surface area contributed by atoms with E-state index in [1.807, 2.05) is 6.92 Å². The number of methoxy groups -OCH3 is 1. The van der Waals surface area contributed by atoms with Gasteiger partial charge >= 0.3 is 0 Å². The summed E-state index contributed by atoms with van der Waals surface area (Å²) in [6, 6.07) is 6.98. The fourth-order valence-electron chi connectivity index (χ4n) is 2.95. The topological polar surface area (TPSA) is 111 Å². The molecule has 172 valence electrons. The summed E-state index contributed by atoms with van der Waals surface area (Å²) in [6.07, 6.45) is 0.527. The molecule has 11 heteroatoms. The van der Waals surface area contributed by atoms with Crippen molar-refractivity contribution in [3.8, 4) is 11.5 Å². The first-order valence-electron chi connectivity index (χ1n) is 9.75. The second kappa shape index (κ2) is 11.5. The maximum absolute atomic E-state index is 13.2. The van der Waals surface area contributed by atoms with Gasteiger partial charge in [0.25, 0.3) is 11.6 Å². The highest BCUT2D eigenvalue weighted by molar-refractivity contribution is 6.35. The van der Waals surface area contributed by atoms with E-state index in [2.05, 4.69) is 5.32 Å². The van der Waals surface area contributed by atoms with Gasteiger partial charge in [0.2, 0.25) is 5.91 Å². The highest BCUT2D eigenvalue weighted by atomic mass is 35.5. The molecule has 0 aromatic heterocycles. The monoisotopic (exact) mass is 483 g/mol. The minimum Gasteiger partial charge on any atom is -0.493 e. The molecule has 1 N–H and O–H groups in total. The SMILES string of the molecule is CCCN(CC(=O)Nc1cc(Cl)ccc1Cl)C(=O)c1cc(OCC)c(OC)cc1[N+](=O)[O-]. The first-order valence-corrected chi connectivity index (χ1v) is 10.5. The number of hydrogen-bond acceptors (Lipinski definition) is 6. The average Bonchev–Trinajstić information content (AvgIpc) is 2.75. The van der Waals surface area contributed by atoms with Gasteiger partial charge in [-0.3, -0.25) is 19.7 Å². The fraction of sp³-hybridized carbons (Fsp3) is 0.333. The second-order valence-corrected chi connectivity index (χ2v) is 7.45. The second-order valence-electron chi connectivity index (χ2n) is 6.61. The van der Waals surface area contributed by atoms with Crippen LogP contribution in [-0.2, 0) is 4.79 Å². The Morgan fingerprint density at radius 1 is 1.16 bits per heavy atom. The molecule has 0 unspecified atom stereocenters. The number of hydrogen-bond donors (Lipinski definition) is 1. The van der Waals surface area contributed by atoms with Crippen molar-refractivity contribution >= 4 is 46.4 Å². The Bertz CT molecular complexity index is 1020. The molecule has 0 aliphatic carbocycles. The zero-order valence-electron chi connectivity index (χ0n) is 17.8. The Morgan fingerprint density at radius 3 is 2.47 bits per heavy atom. The molecule has 0 aliphatic rings. The van der Waals surface area contributed by atoms with Crippen LogP contribution in [0.2, 0.25) is 10.0 Å². The van der Waals surface area contributed by atoms with Gasteiger partial charge in [-0.05, 0) is 31.5 Å². The predicted molar refractivity (Wildman–Crippen MR) is 122 cm³/mol. The zero-order chi connectivity index (χ0) is 23.8. The number of nitrogens with zero attached hydrogens (tertiary/aromatic N) is 2.